The van der Waals surface area contributed by atoms with E-state index in [0.29, 0.717) is 21.3 Å². The van der Waals surface area contributed by atoms with Gasteiger partial charge in [-0.25, -0.2) is 4.79 Å². The summed E-state index contributed by atoms with van der Waals surface area (Å²) in [5.74, 6) is -0.414. The summed E-state index contributed by atoms with van der Waals surface area (Å²) in [5, 5.41) is 8.89. The molecule has 94 valence electrons. The highest BCUT2D eigenvalue weighted by atomic mass is 79.9. The second-order valence-electron chi connectivity index (χ2n) is 3.46. The second kappa shape index (κ2) is 6.37. The van der Waals surface area contributed by atoms with Crippen molar-refractivity contribution in [3.05, 3.63) is 26.6 Å². The molecule has 0 aliphatic rings. The van der Waals surface area contributed by atoms with Crippen LogP contribution in [-0.2, 0) is 4.74 Å². The zero-order valence-electron chi connectivity index (χ0n) is 9.37. The number of benzene rings is 1. The molecule has 0 heterocycles. The number of carboxylic acid groups (broad SMARTS) is 1. The zero-order chi connectivity index (χ0) is 13.0. The number of aromatic carboxylic acids is 1. The van der Waals surface area contributed by atoms with Gasteiger partial charge in [-0.3, -0.25) is 0 Å². The van der Waals surface area contributed by atoms with Gasteiger partial charge in [-0.05, 0) is 50.9 Å². The number of carbonyl (C=O) groups is 1. The average Bonchev–Trinajstić information content (AvgIpc) is 2.23. The maximum Gasteiger partial charge on any atom is 0.335 e. The molecule has 1 unspecified atom stereocenters. The molecule has 0 bridgehead atoms. The van der Waals surface area contributed by atoms with Gasteiger partial charge in [-0.15, -0.1) is 0 Å². The lowest BCUT2D eigenvalue weighted by Crippen LogP contribution is -2.18. The van der Waals surface area contributed by atoms with E-state index in [2.05, 4.69) is 31.9 Å². The van der Waals surface area contributed by atoms with Crippen LogP contribution in [0.15, 0.2) is 21.1 Å². The van der Waals surface area contributed by atoms with Crippen LogP contribution >= 0.6 is 31.9 Å². The Kier molecular flexibility index (Phi) is 5.42. The molecule has 0 spiro atoms. The van der Waals surface area contributed by atoms with E-state index in [0.717, 1.165) is 0 Å². The van der Waals surface area contributed by atoms with Crippen LogP contribution in [0.3, 0.4) is 0 Å². The van der Waals surface area contributed by atoms with E-state index < -0.39 is 5.97 Å². The molecule has 1 aromatic rings. The Hall–Kier alpha value is -0.590. The predicted molar refractivity (Wildman–Crippen MR) is 70.8 cm³/mol. The topological polar surface area (TPSA) is 55.8 Å². The van der Waals surface area contributed by atoms with Gasteiger partial charge >= 0.3 is 5.97 Å². The number of hydrogen-bond donors (Lipinski definition) is 1. The van der Waals surface area contributed by atoms with Crippen molar-refractivity contribution in [3.8, 4) is 5.75 Å². The molecule has 0 saturated heterocycles. The Labute approximate surface area is 116 Å². The van der Waals surface area contributed by atoms with Crippen molar-refractivity contribution >= 4 is 37.8 Å². The van der Waals surface area contributed by atoms with E-state index in [1.807, 2.05) is 6.92 Å². The molecule has 1 aromatic carbocycles. The van der Waals surface area contributed by atoms with E-state index in [1.54, 1.807) is 7.11 Å². The van der Waals surface area contributed by atoms with Crippen LogP contribution in [0.5, 0.6) is 5.75 Å². The maximum atomic E-state index is 10.8. The van der Waals surface area contributed by atoms with E-state index in [9.17, 15) is 4.79 Å². The number of carboxylic acids is 1. The summed E-state index contributed by atoms with van der Waals surface area (Å²) >= 11 is 6.57. The fraction of sp³-hybridized carbons (Fsp3) is 0.364. The fourth-order valence-corrected chi connectivity index (χ4v) is 2.64. The first-order valence-electron chi connectivity index (χ1n) is 4.83. The number of methoxy groups -OCH3 is 1. The summed E-state index contributed by atoms with van der Waals surface area (Å²) < 4.78 is 11.8. The molecule has 0 fully saturated rings. The molecular formula is C11H12Br2O4. The van der Waals surface area contributed by atoms with E-state index in [1.165, 1.54) is 12.1 Å². The minimum absolute atomic E-state index is 0.122. The van der Waals surface area contributed by atoms with Crippen LogP contribution in [0, 0.1) is 0 Å². The van der Waals surface area contributed by atoms with Gasteiger partial charge in [-0.1, -0.05) is 0 Å². The van der Waals surface area contributed by atoms with Crippen LogP contribution in [0.2, 0.25) is 0 Å². The number of hydrogen-bond acceptors (Lipinski definition) is 3. The van der Waals surface area contributed by atoms with Crippen molar-refractivity contribution in [2.45, 2.75) is 13.0 Å². The first-order valence-corrected chi connectivity index (χ1v) is 6.42. The van der Waals surface area contributed by atoms with Crippen molar-refractivity contribution in [1.29, 1.82) is 0 Å². The number of halogens is 2. The number of rotatable bonds is 5. The van der Waals surface area contributed by atoms with Crippen LogP contribution in [-0.4, -0.2) is 30.9 Å². The third-order valence-corrected chi connectivity index (χ3v) is 3.14. The van der Waals surface area contributed by atoms with Crippen molar-refractivity contribution in [2.75, 3.05) is 13.7 Å². The Bertz CT molecular complexity index is 397. The highest BCUT2D eigenvalue weighted by Gasteiger charge is 2.14. The molecule has 6 heteroatoms. The Balaban J connectivity index is 2.97. The molecule has 0 aromatic heterocycles. The molecule has 17 heavy (non-hydrogen) atoms. The van der Waals surface area contributed by atoms with Crippen molar-refractivity contribution in [3.63, 3.8) is 0 Å². The maximum absolute atomic E-state index is 10.8. The lowest BCUT2D eigenvalue weighted by molar-refractivity contribution is 0.0696. The van der Waals surface area contributed by atoms with E-state index in [4.69, 9.17) is 14.6 Å². The zero-order valence-corrected chi connectivity index (χ0v) is 12.5. The molecule has 1 rings (SSSR count). The lowest BCUT2D eigenvalue weighted by atomic mass is 10.2. The molecule has 4 nitrogen and oxygen atoms in total. The van der Waals surface area contributed by atoms with Crippen LogP contribution in [0.1, 0.15) is 17.3 Å². The van der Waals surface area contributed by atoms with Gasteiger partial charge < -0.3 is 14.6 Å². The highest BCUT2D eigenvalue weighted by molar-refractivity contribution is 9.11. The standard InChI is InChI=1S/C11H12Br2O4/c1-6(5-16-2)17-10-8(12)3-7(11(14)15)4-9(10)13/h3-4,6H,5H2,1-2H3,(H,14,15). The van der Waals surface area contributed by atoms with Gasteiger partial charge in [-0.2, -0.15) is 0 Å². The van der Waals surface area contributed by atoms with Crippen LogP contribution < -0.4 is 4.74 Å². The third kappa shape index (κ3) is 3.97. The summed E-state index contributed by atoms with van der Waals surface area (Å²) in [6.45, 7) is 2.33. The van der Waals surface area contributed by atoms with Gasteiger partial charge in [0.15, 0.2) is 0 Å². The van der Waals surface area contributed by atoms with Gasteiger partial charge in [0, 0.05) is 7.11 Å². The summed E-state index contributed by atoms with van der Waals surface area (Å²) in [6.07, 6.45) is -0.122. The van der Waals surface area contributed by atoms with Gasteiger partial charge in [0.1, 0.15) is 11.9 Å². The lowest BCUT2D eigenvalue weighted by Gasteiger charge is -2.16. The van der Waals surface area contributed by atoms with Gasteiger partial charge in [0.05, 0.1) is 21.1 Å². The first kappa shape index (κ1) is 14.5. The van der Waals surface area contributed by atoms with Crippen LogP contribution in [0.25, 0.3) is 0 Å². The average molecular weight is 368 g/mol. The Morgan fingerprint density at radius 3 is 2.35 bits per heavy atom. The molecule has 1 atom stereocenters. The summed E-state index contributed by atoms with van der Waals surface area (Å²) in [4.78, 5) is 10.8. The number of ether oxygens (including phenoxy) is 2. The molecule has 0 radical (unpaired) electrons. The van der Waals surface area contributed by atoms with Gasteiger partial charge in [0.2, 0.25) is 0 Å². The molecular weight excluding hydrogens is 356 g/mol. The van der Waals surface area contributed by atoms with Gasteiger partial charge in [0.25, 0.3) is 0 Å². The Morgan fingerprint density at radius 2 is 1.94 bits per heavy atom. The van der Waals surface area contributed by atoms with E-state index >= 15 is 0 Å². The predicted octanol–water partition coefficient (Wildman–Crippen LogP) is 3.32. The SMILES string of the molecule is COCC(C)Oc1c(Br)cc(C(=O)O)cc1Br. The molecule has 1 N–H and O–H groups in total. The normalized spacial score (nSPS) is 12.2. The van der Waals surface area contributed by atoms with Crippen LogP contribution in [0.4, 0.5) is 0 Å². The molecule has 0 aliphatic heterocycles. The summed E-state index contributed by atoms with van der Waals surface area (Å²) in [6, 6.07) is 3.00. The van der Waals surface area contributed by atoms with E-state index in [-0.39, 0.29) is 11.7 Å². The molecule has 0 aliphatic carbocycles. The fourth-order valence-electron chi connectivity index (χ4n) is 1.27. The monoisotopic (exact) mass is 366 g/mol. The van der Waals surface area contributed by atoms with Crippen molar-refractivity contribution in [1.82, 2.24) is 0 Å². The minimum Gasteiger partial charge on any atom is -0.486 e. The molecule has 0 amide bonds. The second-order valence-corrected chi connectivity index (χ2v) is 5.17. The smallest absolute Gasteiger partial charge is 0.335 e. The highest BCUT2D eigenvalue weighted by Crippen LogP contribution is 2.35. The first-order chi connectivity index (χ1) is 7.95. The largest absolute Gasteiger partial charge is 0.486 e. The minimum atomic E-state index is -0.983. The quantitative estimate of drug-likeness (QED) is 0.867. The van der Waals surface area contributed by atoms with Crippen molar-refractivity contribution in [2.24, 2.45) is 0 Å². The van der Waals surface area contributed by atoms with Crippen molar-refractivity contribution < 1.29 is 19.4 Å². The Morgan fingerprint density at radius 1 is 1.41 bits per heavy atom. The third-order valence-electron chi connectivity index (χ3n) is 1.97. The summed E-state index contributed by atoms with van der Waals surface area (Å²) in [5.41, 5.74) is 0.190. The molecule has 0 saturated carbocycles. The summed E-state index contributed by atoms with van der Waals surface area (Å²) in [7, 11) is 1.59.